The average molecular weight is 427 g/mol. The third-order valence-electron chi connectivity index (χ3n) is 7.68. The molecule has 4 aliphatic rings. The van der Waals surface area contributed by atoms with Gasteiger partial charge in [-0.2, -0.15) is 0 Å². The van der Waals surface area contributed by atoms with Crippen molar-refractivity contribution in [1.82, 2.24) is 4.98 Å². The number of benzene rings is 1. The Hall–Kier alpha value is -1.86. The second kappa shape index (κ2) is 5.64. The second-order valence-corrected chi connectivity index (χ2v) is 11.6. The number of fused-ring (bicyclic) bond motifs is 9. The van der Waals surface area contributed by atoms with Gasteiger partial charge in [-0.15, -0.1) is 11.8 Å². The number of aromatic nitrogens is 1. The zero-order chi connectivity index (χ0) is 20.2. The number of thioether (sulfide) groups is 1. The van der Waals surface area contributed by atoms with Gasteiger partial charge in [-0.3, -0.25) is 19.3 Å². The zero-order valence-electron chi connectivity index (χ0n) is 16.5. The lowest BCUT2D eigenvalue weighted by molar-refractivity contribution is -0.123. The first-order valence-corrected chi connectivity index (χ1v) is 11.8. The maximum atomic E-state index is 13.5. The number of aromatic amines is 1. The van der Waals surface area contributed by atoms with Gasteiger partial charge in [-0.1, -0.05) is 42.9 Å². The summed E-state index contributed by atoms with van der Waals surface area (Å²) in [6, 6.07) is 7.65. The first kappa shape index (κ1) is 18.0. The standard InChI is InChI=1S/C22H22N2O3S2/c1-9-4-6-10(7-5-9)24-19(25)13-11-8-12(14(13)20(24)26)16-15(11)22(2,3)17-18(28-16)23-21(27)29-17/h4-7,11-16H,8H2,1-3H3,(H,23,27)/t11-,12+,13?,14?,15?,16?/m0/s1. The van der Waals surface area contributed by atoms with Crippen molar-refractivity contribution in [2.75, 3.05) is 4.90 Å². The lowest BCUT2D eigenvalue weighted by Crippen LogP contribution is -2.48. The minimum absolute atomic E-state index is 0.0132. The Balaban J connectivity index is 1.42. The smallest absolute Gasteiger partial charge is 0.305 e. The maximum Gasteiger partial charge on any atom is 0.305 e. The summed E-state index contributed by atoms with van der Waals surface area (Å²) in [5.41, 5.74) is 1.63. The van der Waals surface area contributed by atoms with Gasteiger partial charge >= 0.3 is 4.87 Å². The molecule has 150 valence electrons. The van der Waals surface area contributed by atoms with Gasteiger partial charge in [-0.05, 0) is 43.2 Å². The molecule has 3 fully saturated rings. The highest BCUT2D eigenvalue weighted by Crippen LogP contribution is 2.69. The van der Waals surface area contributed by atoms with Crippen LogP contribution in [0.3, 0.4) is 0 Å². The maximum absolute atomic E-state index is 13.5. The molecule has 1 saturated heterocycles. The van der Waals surface area contributed by atoms with Crippen LogP contribution in [0, 0.1) is 36.5 Å². The normalized spacial score (nSPS) is 36.3. The number of aryl methyl sites for hydroxylation is 1. The number of thiazole rings is 1. The monoisotopic (exact) mass is 426 g/mol. The molecule has 2 saturated carbocycles. The van der Waals surface area contributed by atoms with E-state index in [4.69, 9.17) is 0 Å². The lowest BCUT2D eigenvalue weighted by Gasteiger charge is -2.47. The van der Waals surface area contributed by atoms with Crippen molar-refractivity contribution < 1.29 is 9.59 Å². The largest absolute Gasteiger partial charge is 0.307 e. The molecule has 2 aromatic rings. The minimum atomic E-state index is -0.217. The molecule has 1 N–H and O–H groups in total. The van der Waals surface area contributed by atoms with E-state index in [1.54, 1.807) is 11.8 Å². The summed E-state index contributed by atoms with van der Waals surface area (Å²) < 4.78 is 0. The Bertz CT molecular complexity index is 1120. The molecule has 3 heterocycles. The minimum Gasteiger partial charge on any atom is -0.307 e. The van der Waals surface area contributed by atoms with Crippen molar-refractivity contribution in [1.29, 1.82) is 0 Å². The van der Waals surface area contributed by atoms with Crippen LogP contribution < -0.4 is 9.77 Å². The number of hydrogen-bond acceptors (Lipinski definition) is 5. The number of amides is 2. The van der Waals surface area contributed by atoms with E-state index >= 15 is 0 Å². The third-order valence-corrected chi connectivity index (χ3v) is 10.5. The van der Waals surface area contributed by atoms with Crippen molar-refractivity contribution in [3.8, 4) is 0 Å². The van der Waals surface area contributed by atoms with Crippen molar-refractivity contribution >= 4 is 40.6 Å². The van der Waals surface area contributed by atoms with Crippen LogP contribution in [0.15, 0.2) is 34.1 Å². The predicted octanol–water partition coefficient (Wildman–Crippen LogP) is 3.57. The molecule has 7 heteroatoms. The summed E-state index contributed by atoms with van der Waals surface area (Å²) in [7, 11) is 0. The number of anilines is 1. The number of carbonyl (C=O) groups is 2. The van der Waals surface area contributed by atoms with E-state index in [2.05, 4.69) is 18.8 Å². The molecule has 1 aromatic carbocycles. The number of H-pyrrole nitrogens is 1. The Morgan fingerprint density at radius 1 is 1.03 bits per heavy atom. The van der Waals surface area contributed by atoms with Crippen LogP contribution in [0.5, 0.6) is 0 Å². The molecular weight excluding hydrogens is 404 g/mol. The molecule has 4 unspecified atom stereocenters. The summed E-state index contributed by atoms with van der Waals surface area (Å²) in [4.78, 5) is 44.4. The van der Waals surface area contributed by atoms with Crippen LogP contribution in [-0.4, -0.2) is 22.0 Å². The van der Waals surface area contributed by atoms with Gasteiger partial charge in [0, 0.05) is 15.5 Å². The summed E-state index contributed by atoms with van der Waals surface area (Å²) in [6.45, 7) is 6.42. The van der Waals surface area contributed by atoms with Crippen molar-refractivity contribution in [3.63, 3.8) is 0 Å². The summed E-state index contributed by atoms with van der Waals surface area (Å²) in [6.07, 6.45) is 0.944. The van der Waals surface area contributed by atoms with Crippen LogP contribution in [0.2, 0.25) is 0 Å². The van der Waals surface area contributed by atoms with Gasteiger partial charge in [0.1, 0.15) is 0 Å². The molecule has 6 rings (SSSR count). The highest BCUT2D eigenvalue weighted by atomic mass is 32.2. The van der Waals surface area contributed by atoms with E-state index in [1.807, 2.05) is 31.2 Å². The first-order valence-electron chi connectivity index (χ1n) is 10.1. The fraction of sp³-hybridized carbons (Fsp3) is 0.500. The van der Waals surface area contributed by atoms with Crippen molar-refractivity contribution in [2.24, 2.45) is 29.6 Å². The van der Waals surface area contributed by atoms with Gasteiger partial charge in [0.2, 0.25) is 11.8 Å². The molecule has 2 aliphatic heterocycles. The number of hydrogen-bond donors (Lipinski definition) is 1. The number of imide groups is 1. The number of nitrogens with zero attached hydrogens (tertiary/aromatic N) is 1. The number of carbonyl (C=O) groups excluding carboxylic acids is 2. The molecule has 6 atom stereocenters. The van der Waals surface area contributed by atoms with Gasteiger partial charge in [0.15, 0.2) is 0 Å². The van der Waals surface area contributed by atoms with E-state index in [1.165, 1.54) is 16.2 Å². The van der Waals surface area contributed by atoms with E-state index in [0.29, 0.717) is 11.6 Å². The predicted molar refractivity (Wildman–Crippen MR) is 113 cm³/mol. The van der Waals surface area contributed by atoms with Gasteiger partial charge in [-0.25, -0.2) is 0 Å². The highest BCUT2D eigenvalue weighted by molar-refractivity contribution is 8.00. The molecule has 0 radical (unpaired) electrons. The van der Waals surface area contributed by atoms with Crippen molar-refractivity contribution in [2.45, 2.75) is 42.9 Å². The van der Waals surface area contributed by atoms with Crippen LogP contribution in [0.1, 0.15) is 30.7 Å². The van der Waals surface area contributed by atoms with Crippen LogP contribution in [-0.2, 0) is 15.0 Å². The van der Waals surface area contributed by atoms with Crippen LogP contribution in [0.25, 0.3) is 0 Å². The van der Waals surface area contributed by atoms with Gasteiger partial charge in [0.25, 0.3) is 0 Å². The van der Waals surface area contributed by atoms with Gasteiger partial charge in [0.05, 0.1) is 22.5 Å². The fourth-order valence-corrected chi connectivity index (χ4v) is 9.76. The molecule has 2 aliphatic carbocycles. The van der Waals surface area contributed by atoms with E-state index in [-0.39, 0.29) is 51.0 Å². The van der Waals surface area contributed by atoms with Crippen molar-refractivity contribution in [3.05, 3.63) is 44.4 Å². The lowest BCUT2D eigenvalue weighted by atomic mass is 9.64. The SMILES string of the molecule is Cc1ccc(N2C(=O)C3C(C2=O)[C@@H]2C[C@H]3C3Sc4[nH]c(=O)sc4C(C)(C)C32)cc1. The second-order valence-electron chi connectivity index (χ2n) is 9.47. The van der Waals surface area contributed by atoms with Crippen LogP contribution in [0.4, 0.5) is 5.69 Å². The van der Waals surface area contributed by atoms with E-state index < -0.39 is 0 Å². The van der Waals surface area contributed by atoms with Crippen LogP contribution >= 0.6 is 23.1 Å². The zero-order valence-corrected chi connectivity index (χ0v) is 18.1. The molecule has 29 heavy (non-hydrogen) atoms. The highest BCUT2D eigenvalue weighted by Gasteiger charge is 2.70. The Labute approximate surface area is 176 Å². The average Bonchev–Trinajstić information content (AvgIpc) is 3.38. The van der Waals surface area contributed by atoms with E-state index in [0.717, 1.165) is 21.9 Å². The summed E-state index contributed by atoms with van der Waals surface area (Å²) >= 11 is 3.04. The quantitative estimate of drug-likeness (QED) is 0.708. The van der Waals surface area contributed by atoms with E-state index in [9.17, 15) is 14.4 Å². The molecular formula is C22H22N2O3S2. The van der Waals surface area contributed by atoms with Gasteiger partial charge < -0.3 is 4.98 Å². The molecule has 2 bridgehead atoms. The fourth-order valence-electron chi connectivity index (χ4n) is 6.60. The first-order chi connectivity index (χ1) is 13.8. The molecule has 5 nitrogen and oxygen atoms in total. The summed E-state index contributed by atoms with van der Waals surface area (Å²) in [5.74, 6) is 0.226. The number of nitrogens with one attached hydrogen (secondary N) is 1. The summed E-state index contributed by atoms with van der Waals surface area (Å²) in [5, 5.41) is 1.26. The Morgan fingerprint density at radius 2 is 1.69 bits per heavy atom. The molecule has 2 amide bonds. The topological polar surface area (TPSA) is 70.2 Å². The molecule has 0 spiro atoms. The Kier molecular flexibility index (Phi) is 3.49. The molecule has 1 aromatic heterocycles. The number of rotatable bonds is 1. The third kappa shape index (κ3) is 2.15. The Morgan fingerprint density at radius 3 is 2.38 bits per heavy atom.